The van der Waals surface area contributed by atoms with Crippen LogP contribution >= 0.6 is 11.6 Å². The van der Waals surface area contributed by atoms with Crippen molar-refractivity contribution in [3.63, 3.8) is 0 Å². The summed E-state index contributed by atoms with van der Waals surface area (Å²) in [7, 11) is -2.08. The van der Waals surface area contributed by atoms with Crippen molar-refractivity contribution >= 4 is 27.5 Å². The highest BCUT2D eigenvalue weighted by Gasteiger charge is 2.30. The highest BCUT2D eigenvalue weighted by atomic mass is 35.5. The molecule has 7 nitrogen and oxygen atoms in total. The Bertz CT molecular complexity index is 1080. The average Bonchev–Trinajstić information content (AvgIpc) is 3.55. The minimum atomic E-state index is -3.72. The van der Waals surface area contributed by atoms with Gasteiger partial charge < -0.3 is 10.1 Å². The number of hydrogen-bond donors (Lipinski definition) is 1. The van der Waals surface area contributed by atoms with Crippen LogP contribution < -0.4 is 10.1 Å². The lowest BCUT2D eigenvalue weighted by Gasteiger charge is -2.28. The lowest BCUT2D eigenvalue weighted by atomic mass is 10.0. The summed E-state index contributed by atoms with van der Waals surface area (Å²) in [6.45, 7) is 3.34. The molecule has 2 aliphatic heterocycles. The van der Waals surface area contributed by atoms with E-state index in [1.807, 2.05) is 24.3 Å². The third-order valence-corrected chi connectivity index (χ3v) is 8.79. The van der Waals surface area contributed by atoms with E-state index < -0.39 is 10.0 Å². The van der Waals surface area contributed by atoms with Crippen molar-refractivity contribution in [2.45, 2.75) is 36.6 Å². The Morgan fingerprint density at radius 1 is 1.03 bits per heavy atom. The minimum Gasteiger partial charge on any atom is -0.497 e. The van der Waals surface area contributed by atoms with Crippen LogP contribution in [0.5, 0.6) is 5.75 Å². The van der Waals surface area contributed by atoms with Crippen LogP contribution in [0.15, 0.2) is 47.4 Å². The summed E-state index contributed by atoms with van der Waals surface area (Å²) in [5.41, 5.74) is 1.39. The van der Waals surface area contributed by atoms with Gasteiger partial charge in [0.25, 0.3) is 5.91 Å². The van der Waals surface area contributed by atoms with Gasteiger partial charge in [0.05, 0.1) is 18.2 Å². The van der Waals surface area contributed by atoms with E-state index in [0.717, 1.165) is 50.1 Å². The first-order valence-electron chi connectivity index (χ1n) is 11.4. The molecule has 1 atom stereocenters. The van der Waals surface area contributed by atoms with Crippen molar-refractivity contribution in [3.8, 4) is 5.75 Å². The van der Waals surface area contributed by atoms with Crippen molar-refractivity contribution in [3.05, 3.63) is 58.6 Å². The Kier molecular flexibility index (Phi) is 7.58. The number of methoxy groups -OCH3 is 1. The van der Waals surface area contributed by atoms with Gasteiger partial charge in [0, 0.05) is 25.2 Å². The topological polar surface area (TPSA) is 78.9 Å². The normalized spacial score (nSPS) is 18.4. The van der Waals surface area contributed by atoms with Crippen LogP contribution in [0.25, 0.3) is 0 Å². The Morgan fingerprint density at radius 2 is 1.67 bits per heavy atom. The molecule has 0 spiro atoms. The lowest BCUT2D eigenvalue weighted by Crippen LogP contribution is -2.37. The molecule has 1 N–H and O–H groups in total. The van der Waals surface area contributed by atoms with Gasteiger partial charge >= 0.3 is 0 Å². The van der Waals surface area contributed by atoms with Gasteiger partial charge in [-0.3, -0.25) is 9.69 Å². The van der Waals surface area contributed by atoms with Crippen LogP contribution in [0.2, 0.25) is 5.02 Å². The molecule has 2 aromatic carbocycles. The molecule has 2 fully saturated rings. The molecular weight excluding hydrogens is 462 g/mol. The second-order valence-corrected chi connectivity index (χ2v) is 10.8. The zero-order valence-corrected chi connectivity index (χ0v) is 20.4. The van der Waals surface area contributed by atoms with Crippen molar-refractivity contribution < 1.29 is 17.9 Å². The molecule has 0 aliphatic carbocycles. The van der Waals surface area contributed by atoms with Crippen molar-refractivity contribution in [2.75, 3.05) is 39.8 Å². The van der Waals surface area contributed by atoms with E-state index in [1.165, 1.54) is 16.4 Å². The average molecular weight is 492 g/mol. The first kappa shape index (κ1) is 24.0. The van der Waals surface area contributed by atoms with E-state index in [2.05, 4.69) is 10.2 Å². The quantitative estimate of drug-likeness (QED) is 0.609. The van der Waals surface area contributed by atoms with Crippen molar-refractivity contribution in [2.24, 2.45) is 0 Å². The minimum absolute atomic E-state index is 0.00929. The fourth-order valence-corrected chi connectivity index (χ4v) is 6.56. The molecule has 0 aromatic heterocycles. The number of carbonyl (C=O) groups excluding carboxylic acids is 1. The van der Waals surface area contributed by atoms with Crippen LogP contribution in [-0.4, -0.2) is 63.4 Å². The Morgan fingerprint density at radius 3 is 2.30 bits per heavy atom. The molecule has 0 unspecified atom stereocenters. The van der Waals surface area contributed by atoms with Gasteiger partial charge in [-0.2, -0.15) is 4.31 Å². The van der Waals surface area contributed by atoms with E-state index in [4.69, 9.17) is 16.3 Å². The van der Waals surface area contributed by atoms with Crippen molar-refractivity contribution in [1.82, 2.24) is 14.5 Å². The summed E-state index contributed by atoms with van der Waals surface area (Å²) in [5, 5.41) is 3.14. The number of halogens is 1. The summed E-state index contributed by atoms with van der Waals surface area (Å²) >= 11 is 6.23. The predicted octanol–water partition coefficient (Wildman–Crippen LogP) is 3.70. The number of rotatable bonds is 8. The number of nitrogens with zero attached hydrogens (tertiary/aromatic N) is 2. The Labute approximate surface area is 200 Å². The van der Waals surface area contributed by atoms with Crippen LogP contribution in [0.1, 0.15) is 47.6 Å². The fourth-order valence-electron chi connectivity index (χ4n) is 4.54. The maximum atomic E-state index is 13.0. The van der Waals surface area contributed by atoms with Crippen LogP contribution in [-0.2, 0) is 10.0 Å². The van der Waals surface area contributed by atoms with Crippen molar-refractivity contribution in [1.29, 1.82) is 0 Å². The zero-order chi connectivity index (χ0) is 23.4. The molecule has 2 aromatic rings. The Balaban J connectivity index is 1.51. The fraction of sp³-hybridized carbons (Fsp3) is 0.458. The lowest BCUT2D eigenvalue weighted by molar-refractivity contribution is 0.0937. The summed E-state index contributed by atoms with van der Waals surface area (Å²) in [4.78, 5) is 15.4. The summed E-state index contributed by atoms with van der Waals surface area (Å²) in [5.74, 6) is 0.470. The second-order valence-electron chi connectivity index (χ2n) is 8.50. The zero-order valence-electron chi connectivity index (χ0n) is 18.8. The van der Waals surface area contributed by atoms with E-state index in [1.54, 1.807) is 13.2 Å². The van der Waals surface area contributed by atoms with E-state index in [9.17, 15) is 13.2 Å². The molecule has 2 saturated heterocycles. The van der Waals surface area contributed by atoms with Crippen LogP contribution in [0.3, 0.4) is 0 Å². The number of carbonyl (C=O) groups is 1. The van der Waals surface area contributed by atoms with Gasteiger partial charge in [-0.1, -0.05) is 23.7 Å². The molecule has 2 heterocycles. The predicted molar refractivity (Wildman–Crippen MR) is 128 cm³/mol. The smallest absolute Gasteiger partial charge is 0.251 e. The van der Waals surface area contributed by atoms with Gasteiger partial charge in [-0.25, -0.2) is 8.42 Å². The number of likely N-dealkylation sites (tertiary alicyclic amines) is 1. The standard InChI is InChI=1S/C24H30ClN3O4S/c1-32-20-9-6-18(7-10-20)22(27-12-2-3-13-27)17-26-24(29)19-8-11-21(25)23(16-19)33(30,31)28-14-4-5-15-28/h6-11,16,22H,2-5,12-15,17H2,1H3,(H,26,29)/t22-/m0/s1. The Hall–Kier alpha value is -2.13. The highest BCUT2D eigenvalue weighted by Crippen LogP contribution is 2.29. The van der Waals surface area contributed by atoms with Crippen LogP contribution in [0.4, 0.5) is 0 Å². The number of amides is 1. The van der Waals surface area contributed by atoms with E-state index >= 15 is 0 Å². The van der Waals surface area contributed by atoms with E-state index in [-0.39, 0.29) is 27.4 Å². The first-order chi connectivity index (χ1) is 15.9. The summed E-state index contributed by atoms with van der Waals surface area (Å²) < 4.78 is 32.7. The molecule has 1 amide bonds. The third-order valence-electron chi connectivity index (χ3n) is 6.41. The highest BCUT2D eigenvalue weighted by molar-refractivity contribution is 7.89. The first-order valence-corrected chi connectivity index (χ1v) is 13.2. The molecular formula is C24H30ClN3O4S. The number of sulfonamides is 1. The van der Waals surface area contributed by atoms with Gasteiger partial charge in [0.1, 0.15) is 10.6 Å². The maximum Gasteiger partial charge on any atom is 0.251 e. The molecule has 178 valence electrons. The molecule has 9 heteroatoms. The monoisotopic (exact) mass is 491 g/mol. The van der Waals surface area contributed by atoms with Crippen LogP contribution in [0, 0.1) is 0 Å². The van der Waals surface area contributed by atoms with Gasteiger partial charge in [0.15, 0.2) is 0 Å². The maximum absolute atomic E-state index is 13.0. The summed E-state index contributed by atoms with van der Waals surface area (Å²) in [6.07, 6.45) is 3.94. The molecule has 4 rings (SSSR count). The largest absolute Gasteiger partial charge is 0.497 e. The summed E-state index contributed by atoms with van der Waals surface area (Å²) in [6, 6.07) is 12.4. The van der Waals surface area contributed by atoms with E-state index in [0.29, 0.717) is 19.6 Å². The molecule has 0 bridgehead atoms. The second kappa shape index (κ2) is 10.4. The number of nitrogens with one attached hydrogen (secondary N) is 1. The number of benzene rings is 2. The molecule has 0 radical (unpaired) electrons. The molecule has 2 aliphatic rings. The SMILES string of the molecule is COc1ccc([C@H](CNC(=O)c2ccc(Cl)c(S(=O)(=O)N3CCCC3)c2)N2CCCC2)cc1. The van der Waals surface area contributed by atoms with Gasteiger partial charge in [-0.15, -0.1) is 0 Å². The third kappa shape index (κ3) is 5.35. The van der Waals surface area contributed by atoms with Gasteiger partial charge in [0.2, 0.25) is 10.0 Å². The van der Waals surface area contributed by atoms with Gasteiger partial charge in [-0.05, 0) is 74.7 Å². The number of hydrogen-bond acceptors (Lipinski definition) is 5. The number of ether oxygens (including phenoxy) is 1. The molecule has 33 heavy (non-hydrogen) atoms. The molecule has 0 saturated carbocycles.